The van der Waals surface area contributed by atoms with Crippen molar-refractivity contribution in [2.45, 2.75) is 26.3 Å². The monoisotopic (exact) mass is 362 g/mol. The lowest BCUT2D eigenvalue weighted by Crippen LogP contribution is -2.46. The second-order valence-electron chi connectivity index (χ2n) is 6.27. The number of amides is 2. The first-order valence-electron chi connectivity index (χ1n) is 8.99. The van der Waals surface area contributed by atoms with E-state index in [1.807, 2.05) is 61.5 Å². The Balaban J connectivity index is 1.82. The highest BCUT2D eigenvalue weighted by atomic mass is 16.2. The molecular formula is C21H22N4O2. The molecule has 1 aromatic heterocycles. The van der Waals surface area contributed by atoms with E-state index < -0.39 is 6.04 Å². The summed E-state index contributed by atoms with van der Waals surface area (Å²) in [6, 6.07) is 15.9. The lowest BCUT2D eigenvalue weighted by molar-refractivity contribution is -0.120. The molecule has 138 valence electrons. The highest BCUT2D eigenvalue weighted by Gasteiger charge is 2.27. The van der Waals surface area contributed by atoms with E-state index in [9.17, 15) is 9.59 Å². The molecule has 1 atom stereocenters. The van der Waals surface area contributed by atoms with E-state index in [1.165, 1.54) is 11.1 Å². The van der Waals surface area contributed by atoms with Crippen LogP contribution in [0.15, 0.2) is 60.8 Å². The van der Waals surface area contributed by atoms with Crippen molar-refractivity contribution in [3.8, 4) is 0 Å². The molecule has 0 radical (unpaired) electrons. The van der Waals surface area contributed by atoms with Crippen LogP contribution < -0.4 is 5.32 Å². The zero-order valence-electron chi connectivity index (χ0n) is 15.4. The quantitative estimate of drug-likeness (QED) is 0.728. The van der Waals surface area contributed by atoms with Gasteiger partial charge in [0, 0.05) is 12.2 Å². The predicted molar refractivity (Wildman–Crippen MR) is 105 cm³/mol. The van der Waals surface area contributed by atoms with Gasteiger partial charge in [-0.15, -0.1) is 0 Å². The molecule has 0 spiro atoms. The standard InChI is InChI=1S/C21H22N4O2/c1-3-13-25(15(2)20(26)23-16-9-5-4-6-10-16)21(27)19-14-22-17-11-7-8-12-18(17)24-19/h4-12,14-15H,3,13H2,1-2H3,(H,23,26). The van der Waals surface area contributed by atoms with Crippen molar-refractivity contribution in [2.75, 3.05) is 11.9 Å². The van der Waals surface area contributed by atoms with Gasteiger partial charge in [-0.25, -0.2) is 4.98 Å². The van der Waals surface area contributed by atoms with Gasteiger partial charge < -0.3 is 10.2 Å². The molecule has 0 fully saturated rings. The Labute approximate surface area is 158 Å². The Morgan fingerprint density at radius 3 is 2.41 bits per heavy atom. The lowest BCUT2D eigenvalue weighted by Gasteiger charge is -2.27. The highest BCUT2D eigenvalue weighted by molar-refractivity contribution is 6.00. The Bertz CT molecular complexity index is 943. The van der Waals surface area contributed by atoms with Gasteiger partial charge in [0.1, 0.15) is 11.7 Å². The van der Waals surface area contributed by atoms with Crippen molar-refractivity contribution in [2.24, 2.45) is 0 Å². The maximum Gasteiger partial charge on any atom is 0.274 e. The van der Waals surface area contributed by atoms with Crippen LogP contribution in [0.3, 0.4) is 0 Å². The summed E-state index contributed by atoms with van der Waals surface area (Å²) in [7, 11) is 0. The Morgan fingerprint density at radius 1 is 1.04 bits per heavy atom. The number of benzene rings is 2. The Morgan fingerprint density at radius 2 is 1.70 bits per heavy atom. The zero-order chi connectivity index (χ0) is 19.2. The largest absolute Gasteiger partial charge is 0.326 e. The average Bonchev–Trinajstić information content (AvgIpc) is 2.71. The van der Waals surface area contributed by atoms with Gasteiger partial charge in [0.25, 0.3) is 5.91 Å². The first kappa shape index (κ1) is 18.5. The highest BCUT2D eigenvalue weighted by Crippen LogP contribution is 2.14. The van der Waals surface area contributed by atoms with Crippen LogP contribution in [-0.4, -0.2) is 39.3 Å². The number of nitrogens with one attached hydrogen (secondary N) is 1. The Hall–Kier alpha value is -3.28. The summed E-state index contributed by atoms with van der Waals surface area (Å²) in [4.78, 5) is 35.9. The summed E-state index contributed by atoms with van der Waals surface area (Å²) >= 11 is 0. The van der Waals surface area contributed by atoms with Crippen LogP contribution in [0.2, 0.25) is 0 Å². The molecule has 0 bridgehead atoms. The number of fused-ring (bicyclic) bond motifs is 1. The molecule has 6 nitrogen and oxygen atoms in total. The summed E-state index contributed by atoms with van der Waals surface area (Å²) in [5.41, 5.74) is 2.32. The molecule has 3 rings (SSSR count). The first-order chi connectivity index (χ1) is 13.1. The van der Waals surface area contributed by atoms with Crippen LogP contribution in [0.5, 0.6) is 0 Å². The number of carbonyl (C=O) groups excluding carboxylic acids is 2. The molecule has 2 amide bonds. The van der Waals surface area contributed by atoms with Gasteiger partial charge in [-0.1, -0.05) is 37.3 Å². The van der Waals surface area contributed by atoms with Crippen LogP contribution in [0.4, 0.5) is 5.69 Å². The van der Waals surface area contributed by atoms with Gasteiger partial charge >= 0.3 is 0 Å². The number of carbonyl (C=O) groups is 2. The smallest absolute Gasteiger partial charge is 0.274 e. The second kappa shape index (κ2) is 8.40. The molecule has 6 heteroatoms. The third-order valence-electron chi connectivity index (χ3n) is 4.28. The molecular weight excluding hydrogens is 340 g/mol. The van der Waals surface area contributed by atoms with E-state index >= 15 is 0 Å². The fraction of sp³-hybridized carbons (Fsp3) is 0.238. The average molecular weight is 362 g/mol. The molecule has 2 aromatic carbocycles. The maximum atomic E-state index is 13.0. The molecule has 0 saturated heterocycles. The summed E-state index contributed by atoms with van der Waals surface area (Å²) in [5, 5.41) is 2.85. The molecule has 0 aliphatic rings. The van der Waals surface area contributed by atoms with Gasteiger partial charge in [-0.3, -0.25) is 14.6 Å². The number of rotatable bonds is 6. The minimum Gasteiger partial charge on any atom is -0.326 e. The Kier molecular flexibility index (Phi) is 5.76. The SMILES string of the molecule is CCCN(C(=O)c1cnc2ccccc2n1)C(C)C(=O)Nc1ccccc1. The van der Waals surface area contributed by atoms with Crippen LogP contribution in [0, 0.1) is 0 Å². The van der Waals surface area contributed by atoms with Gasteiger partial charge in [0.2, 0.25) is 5.91 Å². The molecule has 27 heavy (non-hydrogen) atoms. The van der Waals surface area contributed by atoms with E-state index in [4.69, 9.17) is 0 Å². The zero-order valence-corrected chi connectivity index (χ0v) is 15.4. The normalized spacial score (nSPS) is 11.8. The second-order valence-corrected chi connectivity index (χ2v) is 6.27. The maximum absolute atomic E-state index is 13.0. The number of hydrogen-bond acceptors (Lipinski definition) is 4. The van der Waals surface area contributed by atoms with Crippen molar-refractivity contribution in [1.29, 1.82) is 0 Å². The van der Waals surface area contributed by atoms with Gasteiger partial charge in [0.15, 0.2) is 0 Å². The van der Waals surface area contributed by atoms with Gasteiger partial charge in [-0.2, -0.15) is 0 Å². The lowest BCUT2D eigenvalue weighted by atomic mass is 10.2. The van der Waals surface area contributed by atoms with Crippen LogP contribution >= 0.6 is 0 Å². The number of hydrogen-bond donors (Lipinski definition) is 1. The minimum atomic E-state index is -0.633. The fourth-order valence-corrected chi connectivity index (χ4v) is 2.83. The van der Waals surface area contributed by atoms with Crippen molar-refractivity contribution in [3.63, 3.8) is 0 Å². The molecule has 1 unspecified atom stereocenters. The van der Waals surface area contributed by atoms with E-state index in [0.717, 1.165) is 11.9 Å². The molecule has 1 heterocycles. The van der Waals surface area contributed by atoms with Crippen LogP contribution in [0.25, 0.3) is 11.0 Å². The van der Waals surface area contributed by atoms with E-state index in [-0.39, 0.29) is 17.5 Å². The third kappa shape index (κ3) is 4.28. The third-order valence-corrected chi connectivity index (χ3v) is 4.28. The van der Waals surface area contributed by atoms with Crippen molar-refractivity contribution in [3.05, 3.63) is 66.5 Å². The number of anilines is 1. The number of aromatic nitrogens is 2. The molecule has 1 N–H and O–H groups in total. The number of nitrogens with zero attached hydrogens (tertiary/aromatic N) is 3. The summed E-state index contributed by atoms with van der Waals surface area (Å²) in [6.07, 6.45) is 2.20. The first-order valence-corrected chi connectivity index (χ1v) is 8.99. The summed E-state index contributed by atoms with van der Waals surface area (Å²) in [5.74, 6) is -0.539. The van der Waals surface area contributed by atoms with E-state index in [0.29, 0.717) is 17.7 Å². The molecule has 0 aliphatic carbocycles. The molecule has 0 saturated carbocycles. The fourth-order valence-electron chi connectivity index (χ4n) is 2.83. The molecule has 3 aromatic rings. The van der Waals surface area contributed by atoms with Gasteiger partial charge in [-0.05, 0) is 37.6 Å². The van der Waals surface area contributed by atoms with Crippen molar-refractivity contribution < 1.29 is 9.59 Å². The van der Waals surface area contributed by atoms with E-state index in [1.54, 1.807) is 6.92 Å². The summed E-state index contributed by atoms with van der Waals surface area (Å²) in [6.45, 7) is 4.14. The van der Waals surface area contributed by atoms with Crippen LogP contribution in [0.1, 0.15) is 30.8 Å². The van der Waals surface area contributed by atoms with Crippen molar-refractivity contribution in [1.82, 2.24) is 14.9 Å². The minimum absolute atomic E-state index is 0.238. The summed E-state index contributed by atoms with van der Waals surface area (Å²) < 4.78 is 0. The van der Waals surface area contributed by atoms with E-state index in [2.05, 4.69) is 15.3 Å². The van der Waals surface area contributed by atoms with Gasteiger partial charge in [0.05, 0.1) is 17.2 Å². The topological polar surface area (TPSA) is 75.2 Å². The van der Waals surface area contributed by atoms with Crippen molar-refractivity contribution >= 4 is 28.5 Å². The molecule has 0 aliphatic heterocycles. The number of para-hydroxylation sites is 3. The predicted octanol–water partition coefficient (Wildman–Crippen LogP) is 3.51. The van der Waals surface area contributed by atoms with Crippen LogP contribution in [-0.2, 0) is 4.79 Å².